The molecule has 0 fully saturated rings. The van der Waals surface area contributed by atoms with Gasteiger partial charge in [0.05, 0.1) is 12.8 Å². The SMILES string of the molecule is COc1ccccc1Nc1nc(=O)[nH]c2c1CCNC2. The number of anilines is 2. The average Bonchev–Trinajstić information content (AvgIpc) is 2.47. The van der Waals surface area contributed by atoms with Crippen LogP contribution in [0.2, 0.25) is 0 Å². The van der Waals surface area contributed by atoms with E-state index in [0.717, 1.165) is 35.7 Å². The maximum absolute atomic E-state index is 11.6. The summed E-state index contributed by atoms with van der Waals surface area (Å²) in [6.07, 6.45) is 0.830. The first-order chi connectivity index (χ1) is 9.78. The molecule has 6 nitrogen and oxygen atoms in total. The van der Waals surface area contributed by atoms with Crippen LogP contribution in [-0.4, -0.2) is 23.6 Å². The van der Waals surface area contributed by atoms with Gasteiger partial charge in [-0.05, 0) is 25.1 Å². The maximum atomic E-state index is 11.6. The molecule has 0 spiro atoms. The molecule has 0 aliphatic carbocycles. The van der Waals surface area contributed by atoms with Gasteiger partial charge in [-0.2, -0.15) is 4.98 Å². The van der Waals surface area contributed by atoms with Gasteiger partial charge in [-0.25, -0.2) is 4.79 Å². The fourth-order valence-corrected chi connectivity index (χ4v) is 2.37. The zero-order valence-corrected chi connectivity index (χ0v) is 11.2. The normalized spacial score (nSPS) is 13.7. The molecule has 0 radical (unpaired) electrons. The number of benzene rings is 1. The number of aromatic amines is 1. The minimum absolute atomic E-state index is 0.343. The monoisotopic (exact) mass is 272 g/mol. The number of H-pyrrole nitrogens is 1. The van der Waals surface area contributed by atoms with Gasteiger partial charge in [0.1, 0.15) is 11.6 Å². The molecule has 2 heterocycles. The second-order valence-electron chi connectivity index (χ2n) is 4.60. The Kier molecular flexibility index (Phi) is 3.39. The molecule has 0 bridgehead atoms. The van der Waals surface area contributed by atoms with E-state index >= 15 is 0 Å². The molecule has 104 valence electrons. The van der Waals surface area contributed by atoms with Crippen molar-refractivity contribution in [2.45, 2.75) is 13.0 Å². The van der Waals surface area contributed by atoms with E-state index in [1.807, 2.05) is 24.3 Å². The third-order valence-corrected chi connectivity index (χ3v) is 3.33. The van der Waals surface area contributed by atoms with E-state index in [2.05, 4.69) is 20.6 Å². The molecule has 3 rings (SSSR count). The highest BCUT2D eigenvalue weighted by atomic mass is 16.5. The molecule has 1 aliphatic heterocycles. The summed E-state index contributed by atoms with van der Waals surface area (Å²) in [4.78, 5) is 18.5. The highest BCUT2D eigenvalue weighted by molar-refractivity contribution is 5.66. The lowest BCUT2D eigenvalue weighted by atomic mass is 10.1. The highest BCUT2D eigenvalue weighted by Gasteiger charge is 2.16. The van der Waals surface area contributed by atoms with Gasteiger partial charge in [0.25, 0.3) is 0 Å². The second-order valence-corrected chi connectivity index (χ2v) is 4.60. The van der Waals surface area contributed by atoms with E-state index in [9.17, 15) is 4.79 Å². The lowest BCUT2D eigenvalue weighted by Gasteiger charge is -2.20. The van der Waals surface area contributed by atoms with Crippen LogP contribution in [0.4, 0.5) is 11.5 Å². The molecule has 0 saturated heterocycles. The summed E-state index contributed by atoms with van der Waals surface area (Å²) >= 11 is 0. The van der Waals surface area contributed by atoms with Gasteiger partial charge in [0.2, 0.25) is 0 Å². The van der Waals surface area contributed by atoms with Gasteiger partial charge in [0, 0.05) is 17.8 Å². The molecule has 0 unspecified atom stereocenters. The molecule has 20 heavy (non-hydrogen) atoms. The Morgan fingerprint density at radius 3 is 3.05 bits per heavy atom. The molecule has 1 aromatic carbocycles. The Morgan fingerprint density at radius 1 is 1.35 bits per heavy atom. The molecular formula is C14H16N4O2. The third kappa shape index (κ3) is 2.37. The van der Waals surface area contributed by atoms with Gasteiger partial charge in [0.15, 0.2) is 0 Å². The maximum Gasteiger partial charge on any atom is 0.347 e. The van der Waals surface area contributed by atoms with Crippen molar-refractivity contribution in [1.29, 1.82) is 0 Å². The Labute approximate surface area is 116 Å². The standard InChI is InChI=1S/C14H16N4O2/c1-20-12-5-3-2-4-10(12)16-13-9-6-7-15-8-11(9)17-14(19)18-13/h2-5,15H,6-8H2,1H3,(H2,16,17,18,19). The van der Waals surface area contributed by atoms with Crippen molar-refractivity contribution in [1.82, 2.24) is 15.3 Å². The van der Waals surface area contributed by atoms with Crippen LogP contribution in [0.1, 0.15) is 11.3 Å². The summed E-state index contributed by atoms with van der Waals surface area (Å²) in [5.41, 5.74) is 2.40. The molecule has 0 saturated carbocycles. The summed E-state index contributed by atoms with van der Waals surface area (Å²) in [5.74, 6) is 1.33. The molecule has 2 aromatic rings. The summed E-state index contributed by atoms with van der Waals surface area (Å²) in [6, 6.07) is 7.57. The fourth-order valence-electron chi connectivity index (χ4n) is 2.37. The number of nitrogens with one attached hydrogen (secondary N) is 3. The number of fused-ring (bicyclic) bond motifs is 1. The quantitative estimate of drug-likeness (QED) is 0.781. The van der Waals surface area contributed by atoms with Crippen LogP contribution in [0, 0.1) is 0 Å². The van der Waals surface area contributed by atoms with Gasteiger partial charge in [-0.1, -0.05) is 12.1 Å². The Morgan fingerprint density at radius 2 is 2.20 bits per heavy atom. The zero-order chi connectivity index (χ0) is 13.9. The van der Waals surface area contributed by atoms with Crippen molar-refractivity contribution in [2.75, 3.05) is 19.0 Å². The molecule has 6 heteroatoms. The smallest absolute Gasteiger partial charge is 0.347 e. The minimum atomic E-state index is -0.343. The number of para-hydroxylation sites is 2. The number of aromatic nitrogens is 2. The van der Waals surface area contributed by atoms with E-state index in [1.54, 1.807) is 7.11 Å². The first kappa shape index (κ1) is 12.7. The van der Waals surface area contributed by atoms with Crippen LogP contribution in [0.15, 0.2) is 29.1 Å². The third-order valence-electron chi connectivity index (χ3n) is 3.33. The van der Waals surface area contributed by atoms with E-state index in [4.69, 9.17) is 4.74 Å². The zero-order valence-electron chi connectivity index (χ0n) is 11.2. The van der Waals surface area contributed by atoms with E-state index < -0.39 is 0 Å². The predicted molar refractivity (Wildman–Crippen MR) is 76.5 cm³/mol. The van der Waals surface area contributed by atoms with Crippen molar-refractivity contribution in [2.24, 2.45) is 0 Å². The molecule has 0 amide bonds. The van der Waals surface area contributed by atoms with Crippen molar-refractivity contribution in [3.8, 4) is 5.75 Å². The van der Waals surface area contributed by atoms with Crippen LogP contribution in [-0.2, 0) is 13.0 Å². The van der Waals surface area contributed by atoms with Crippen LogP contribution >= 0.6 is 0 Å². The lowest BCUT2D eigenvalue weighted by Crippen LogP contribution is -2.29. The summed E-state index contributed by atoms with van der Waals surface area (Å²) in [5, 5.41) is 6.44. The van der Waals surface area contributed by atoms with Crippen molar-refractivity contribution in [3.63, 3.8) is 0 Å². The Hall–Kier alpha value is -2.34. The molecule has 1 aromatic heterocycles. The first-order valence-corrected chi connectivity index (χ1v) is 6.51. The highest BCUT2D eigenvalue weighted by Crippen LogP contribution is 2.28. The Bertz CT molecular complexity index is 681. The number of hydrogen-bond donors (Lipinski definition) is 3. The van der Waals surface area contributed by atoms with Crippen molar-refractivity contribution >= 4 is 11.5 Å². The number of hydrogen-bond acceptors (Lipinski definition) is 5. The summed E-state index contributed by atoms with van der Waals surface area (Å²) in [6.45, 7) is 1.54. The molecule has 1 aliphatic rings. The minimum Gasteiger partial charge on any atom is -0.495 e. The largest absolute Gasteiger partial charge is 0.495 e. The van der Waals surface area contributed by atoms with Crippen LogP contribution < -0.4 is 21.1 Å². The number of rotatable bonds is 3. The van der Waals surface area contributed by atoms with Gasteiger partial charge in [-0.3, -0.25) is 0 Å². The fraction of sp³-hybridized carbons (Fsp3) is 0.286. The molecular weight excluding hydrogens is 256 g/mol. The summed E-state index contributed by atoms with van der Waals surface area (Å²) < 4.78 is 5.30. The molecule has 0 atom stereocenters. The lowest BCUT2D eigenvalue weighted by molar-refractivity contribution is 0.417. The van der Waals surface area contributed by atoms with Crippen molar-refractivity contribution < 1.29 is 4.74 Å². The van der Waals surface area contributed by atoms with Crippen LogP contribution in [0.3, 0.4) is 0 Å². The first-order valence-electron chi connectivity index (χ1n) is 6.51. The van der Waals surface area contributed by atoms with E-state index in [1.165, 1.54) is 0 Å². The predicted octanol–water partition coefficient (Wildman–Crippen LogP) is 1.17. The van der Waals surface area contributed by atoms with Gasteiger partial charge < -0.3 is 20.4 Å². The summed E-state index contributed by atoms with van der Waals surface area (Å²) in [7, 11) is 1.62. The Balaban J connectivity index is 2.02. The number of ether oxygens (including phenoxy) is 1. The number of methoxy groups -OCH3 is 1. The van der Waals surface area contributed by atoms with Crippen LogP contribution in [0.25, 0.3) is 0 Å². The van der Waals surface area contributed by atoms with E-state index in [-0.39, 0.29) is 5.69 Å². The van der Waals surface area contributed by atoms with Gasteiger partial charge in [-0.15, -0.1) is 0 Å². The van der Waals surface area contributed by atoms with Crippen molar-refractivity contribution in [3.05, 3.63) is 46.0 Å². The van der Waals surface area contributed by atoms with Gasteiger partial charge >= 0.3 is 5.69 Å². The van der Waals surface area contributed by atoms with E-state index in [0.29, 0.717) is 12.4 Å². The second kappa shape index (κ2) is 5.34. The molecule has 3 N–H and O–H groups in total. The average molecular weight is 272 g/mol. The topological polar surface area (TPSA) is 79.0 Å². The van der Waals surface area contributed by atoms with Crippen LogP contribution in [0.5, 0.6) is 5.75 Å². The number of nitrogens with zero attached hydrogens (tertiary/aromatic N) is 1.